The number of nitrogens with zero attached hydrogens (tertiary/aromatic N) is 5. The van der Waals surface area contributed by atoms with Gasteiger partial charge >= 0.3 is 0 Å². The summed E-state index contributed by atoms with van der Waals surface area (Å²) >= 11 is 0. The van der Waals surface area contributed by atoms with E-state index < -0.39 is 0 Å². The number of anilines is 1. The van der Waals surface area contributed by atoms with Crippen molar-refractivity contribution < 1.29 is 0 Å². The summed E-state index contributed by atoms with van der Waals surface area (Å²) in [6.45, 7) is 14.5. The van der Waals surface area contributed by atoms with Crippen LogP contribution in [0.2, 0.25) is 0 Å². The summed E-state index contributed by atoms with van der Waals surface area (Å²) in [4.78, 5) is 18.1. The molecular formula is C18H32N6. The topological polar surface area (TPSA) is 56.7 Å². The molecule has 24 heavy (non-hydrogen) atoms. The Morgan fingerprint density at radius 3 is 2.42 bits per heavy atom. The molecule has 6 nitrogen and oxygen atoms in total. The summed E-state index contributed by atoms with van der Waals surface area (Å²) in [7, 11) is 0. The van der Waals surface area contributed by atoms with Crippen molar-refractivity contribution >= 4 is 11.9 Å². The first-order valence-electron chi connectivity index (χ1n) is 9.05. The quantitative estimate of drug-likeness (QED) is 0.510. The van der Waals surface area contributed by atoms with Crippen LogP contribution >= 0.6 is 0 Å². The van der Waals surface area contributed by atoms with Gasteiger partial charge in [0.2, 0.25) is 5.95 Å². The van der Waals surface area contributed by atoms with Crippen LogP contribution in [0.5, 0.6) is 0 Å². The van der Waals surface area contributed by atoms with Crippen LogP contribution in [0.25, 0.3) is 0 Å². The first kappa shape index (κ1) is 18.5. The lowest BCUT2D eigenvalue weighted by molar-refractivity contribution is 0.360. The molecule has 0 spiro atoms. The molecule has 0 radical (unpaired) electrons. The predicted octanol–water partition coefficient (Wildman–Crippen LogP) is 2.39. The van der Waals surface area contributed by atoms with Gasteiger partial charge in [-0.3, -0.25) is 4.99 Å². The lowest BCUT2D eigenvalue weighted by atomic mass is 9.91. The van der Waals surface area contributed by atoms with E-state index in [4.69, 9.17) is 4.99 Å². The van der Waals surface area contributed by atoms with Gasteiger partial charge in [0.15, 0.2) is 5.96 Å². The Balaban J connectivity index is 1.86. The fraction of sp³-hybridized carbons (Fsp3) is 0.722. The van der Waals surface area contributed by atoms with Crippen molar-refractivity contribution in [3.63, 3.8) is 0 Å². The van der Waals surface area contributed by atoms with Gasteiger partial charge in [0, 0.05) is 51.7 Å². The summed E-state index contributed by atoms with van der Waals surface area (Å²) in [5.74, 6) is 1.87. The van der Waals surface area contributed by atoms with E-state index in [-0.39, 0.29) is 0 Å². The standard InChI is InChI=1S/C18H32N6/c1-5-19-16(20-9-6-8-18(2,3)4)23-12-14-24(15-13-23)17-21-10-7-11-22-17/h7,10-11H,5-6,8-9,12-15H2,1-4H3,(H,19,20). The first-order chi connectivity index (χ1) is 11.5. The van der Waals surface area contributed by atoms with Gasteiger partial charge in [-0.15, -0.1) is 0 Å². The zero-order valence-electron chi connectivity index (χ0n) is 15.6. The molecule has 0 aliphatic carbocycles. The predicted molar refractivity (Wildman–Crippen MR) is 100 cm³/mol. The number of hydrogen-bond acceptors (Lipinski definition) is 4. The molecule has 0 amide bonds. The zero-order chi connectivity index (χ0) is 17.4. The average molecular weight is 332 g/mol. The van der Waals surface area contributed by atoms with E-state index in [2.05, 4.69) is 52.8 Å². The Bertz CT molecular complexity index is 500. The Morgan fingerprint density at radius 1 is 1.17 bits per heavy atom. The summed E-state index contributed by atoms with van der Waals surface area (Å²) in [5.41, 5.74) is 0.384. The molecule has 0 bridgehead atoms. The SMILES string of the molecule is CCNC(=NCCCC(C)(C)C)N1CCN(c2ncccn2)CC1. The van der Waals surface area contributed by atoms with E-state index in [1.54, 1.807) is 12.4 Å². The number of aliphatic imine (C=N–C) groups is 1. The van der Waals surface area contributed by atoms with Crippen LogP contribution < -0.4 is 10.2 Å². The first-order valence-corrected chi connectivity index (χ1v) is 9.05. The van der Waals surface area contributed by atoms with E-state index >= 15 is 0 Å². The van der Waals surface area contributed by atoms with Crippen molar-refractivity contribution in [1.82, 2.24) is 20.2 Å². The minimum absolute atomic E-state index is 0.384. The third-order valence-corrected chi connectivity index (χ3v) is 4.10. The van der Waals surface area contributed by atoms with Crippen LogP contribution in [-0.4, -0.2) is 60.1 Å². The molecule has 1 saturated heterocycles. The minimum atomic E-state index is 0.384. The van der Waals surface area contributed by atoms with Gasteiger partial charge in [-0.05, 0) is 31.2 Å². The average Bonchev–Trinajstić information content (AvgIpc) is 2.58. The van der Waals surface area contributed by atoms with Crippen molar-refractivity contribution in [3.05, 3.63) is 18.5 Å². The van der Waals surface area contributed by atoms with Crippen molar-refractivity contribution in [1.29, 1.82) is 0 Å². The lowest BCUT2D eigenvalue weighted by Gasteiger charge is -2.36. The third-order valence-electron chi connectivity index (χ3n) is 4.10. The molecule has 1 aliphatic rings. The maximum atomic E-state index is 4.82. The van der Waals surface area contributed by atoms with Crippen molar-refractivity contribution in [2.45, 2.75) is 40.5 Å². The van der Waals surface area contributed by atoms with Gasteiger partial charge in [0.05, 0.1) is 0 Å². The van der Waals surface area contributed by atoms with Crippen molar-refractivity contribution in [2.24, 2.45) is 10.4 Å². The van der Waals surface area contributed by atoms with Gasteiger partial charge < -0.3 is 15.1 Å². The highest BCUT2D eigenvalue weighted by Crippen LogP contribution is 2.20. The van der Waals surface area contributed by atoms with E-state index in [0.717, 1.165) is 57.6 Å². The van der Waals surface area contributed by atoms with Crippen LogP contribution in [-0.2, 0) is 0 Å². The summed E-state index contributed by atoms with van der Waals surface area (Å²) in [6, 6.07) is 1.85. The molecule has 1 aliphatic heterocycles. The second kappa shape index (κ2) is 8.85. The van der Waals surface area contributed by atoms with Gasteiger partial charge in [0.1, 0.15) is 0 Å². The maximum Gasteiger partial charge on any atom is 0.225 e. The molecule has 1 N–H and O–H groups in total. The number of piperazine rings is 1. The smallest absolute Gasteiger partial charge is 0.225 e. The van der Waals surface area contributed by atoms with Gasteiger partial charge in [-0.25, -0.2) is 9.97 Å². The number of guanidine groups is 1. The van der Waals surface area contributed by atoms with Crippen LogP contribution in [0.15, 0.2) is 23.5 Å². The Kier molecular flexibility index (Phi) is 6.82. The fourth-order valence-corrected chi connectivity index (χ4v) is 2.79. The fourth-order valence-electron chi connectivity index (χ4n) is 2.79. The molecular weight excluding hydrogens is 300 g/mol. The molecule has 0 saturated carbocycles. The minimum Gasteiger partial charge on any atom is -0.357 e. The molecule has 1 aromatic rings. The van der Waals surface area contributed by atoms with Crippen LogP contribution in [0, 0.1) is 5.41 Å². The highest BCUT2D eigenvalue weighted by Gasteiger charge is 2.21. The molecule has 1 aromatic heterocycles. The number of hydrogen-bond donors (Lipinski definition) is 1. The van der Waals surface area contributed by atoms with Gasteiger partial charge in [-0.1, -0.05) is 20.8 Å². The molecule has 2 rings (SSSR count). The van der Waals surface area contributed by atoms with E-state index in [1.807, 2.05) is 6.07 Å². The molecule has 1 fully saturated rings. The largest absolute Gasteiger partial charge is 0.357 e. The number of rotatable bonds is 5. The number of nitrogens with one attached hydrogen (secondary N) is 1. The van der Waals surface area contributed by atoms with E-state index in [9.17, 15) is 0 Å². The Morgan fingerprint density at radius 2 is 1.83 bits per heavy atom. The Labute approximate surface area is 146 Å². The Hall–Kier alpha value is -1.85. The molecule has 6 heteroatoms. The second-order valence-corrected chi connectivity index (χ2v) is 7.42. The van der Waals surface area contributed by atoms with Crippen LogP contribution in [0.1, 0.15) is 40.5 Å². The second-order valence-electron chi connectivity index (χ2n) is 7.42. The molecule has 0 atom stereocenters. The summed E-state index contributed by atoms with van der Waals surface area (Å²) in [5, 5.41) is 3.43. The number of aromatic nitrogens is 2. The molecule has 0 aromatic carbocycles. The van der Waals surface area contributed by atoms with Crippen LogP contribution in [0.4, 0.5) is 5.95 Å². The highest BCUT2D eigenvalue weighted by molar-refractivity contribution is 5.80. The summed E-state index contributed by atoms with van der Waals surface area (Å²) < 4.78 is 0. The van der Waals surface area contributed by atoms with E-state index in [0.29, 0.717) is 5.41 Å². The van der Waals surface area contributed by atoms with E-state index in [1.165, 1.54) is 6.42 Å². The third kappa shape index (κ3) is 5.98. The highest BCUT2D eigenvalue weighted by atomic mass is 15.4. The molecule has 134 valence electrons. The monoisotopic (exact) mass is 332 g/mol. The van der Waals surface area contributed by atoms with Crippen molar-refractivity contribution in [3.8, 4) is 0 Å². The maximum absolute atomic E-state index is 4.82. The zero-order valence-corrected chi connectivity index (χ0v) is 15.6. The van der Waals surface area contributed by atoms with Crippen molar-refractivity contribution in [2.75, 3.05) is 44.2 Å². The normalized spacial score (nSPS) is 16.4. The molecule has 0 unspecified atom stereocenters. The summed E-state index contributed by atoms with van der Waals surface area (Å²) in [6.07, 6.45) is 5.94. The van der Waals surface area contributed by atoms with Gasteiger partial charge in [-0.2, -0.15) is 0 Å². The lowest BCUT2D eigenvalue weighted by Crippen LogP contribution is -2.53. The van der Waals surface area contributed by atoms with Crippen LogP contribution in [0.3, 0.4) is 0 Å². The molecule has 2 heterocycles. The van der Waals surface area contributed by atoms with Gasteiger partial charge in [0.25, 0.3) is 0 Å².